The summed E-state index contributed by atoms with van der Waals surface area (Å²) in [7, 11) is 0. The number of anilines is 1. The summed E-state index contributed by atoms with van der Waals surface area (Å²) in [5.41, 5.74) is 0. The zero-order chi connectivity index (χ0) is 15.5. The van der Waals surface area contributed by atoms with E-state index in [9.17, 15) is 0 Å². The molecule has 0 atom stereocenters. The summed E-state index contributed by atoms with van der Waals surface area (Å²) in [5, 5.41) is 1.20. The molecule has 0 unspecified atom stereocenters. The predicted molar refractivity (Wildman–Crippen MR) is 92.9 cm³/mol. The van der Waals surface area contributed by atoms with Crippen LogP contribution in [0.2, 0.25) is 0 Å². The number of ether oxygens (including phenoxy) is 1. The summed E-state index contributed by atoms with van der Waals surface area (Å²) in [6.45, 7) is 11.6. The molecule has 21 heavy (non-hydrogen) atoms. The summed E-state index contributed by atoms with van der Waals surface area (Å²) in [6, 6.07) is 4.35. The highest BCUT2D eigenvalue weighted by Gasteiger charge is 2.14. The minimum Gasteiger partial charge on any atom is -0.500 e. The van der Waals surface area contributed by atoms with Crippen molar-refractivity contribution in [3.05, 3.63) is 25.0 Å². The lowest BCUT2D eigenvalue weighted by Crippen LogP contribution is -2.27. The Morgan fingerprint density at radius 3 is 2.67 bits per heavy atom. The second kappa shape index (κ2) is 10.3. The summed E-state index contributed by atoms with van der Waals surface area (Å²) in [4.78, 5) is 2.44. The van der Waals surface area contributed by atoms with Crippen molar-refractivity contribution in [2.45, 2.75) is 38.3 Å². The van der Waals surface area contributed by atoms with Crippen molar-refractivity contribution in [3.63, 3.8) is 0 Å². The van der Waals surface area contributed by atoms with Crippen LogP contribution in [0.4, 0.5) is 5.82 Å². The van der Waals surface area contributed by atoms with Crippen LogP contribution < -0.4 is 4.90 Å². The minimum atomic E-state index is 0.626. The number of hydrogen-bond donors (Lipinski definition) is 0. The van der Waals surface area contributed by atoms with E-state index in [2.05, 4.69) is 47.9 Å². The minimum absolute atomic E-state index is 0.626. The van der Waals surface area contributed by atoms with Crippen molar-refractivity contribution in [2.24, 2.45) is 0 Å². The molecule has 4 heteroatoms. The van der Waals surface area contributed by atoms with E-state index < -0.39 is 0 Å². The molecule has 0 fully saturated rings. The molecular formula is C17H26N2OS. The van der Waals surface area contributed by atoms with Gasteiger partial charge in [0.15, 0.2) is 0 Å². The fourth-order valence-corrected chi connectivity index (χ4v) is 3.03. The molecular weight excluding hydrogens is 280 g/mol. The fraction of sp³-hybridized carbons (Fsp3) is 0.529. The molecule has 1 rings (SSSR count). The number of thioether (sulfide) groups is 1. The van der Waals surface area contributed by atoms with Crippen molar-refractivity contribution in [3.8, 4) is 12.3 Å². The maximum Gasteiger partial charge on any atom is 0.109 e. The number of nitrogens with zero attached hydrogens (tertiary/aromatic N) is 2. The van der Waals surface area contributed by atoms with Gasteiger partial charge in [0, 0.05) is 13.1 Å². The fourth-order valence-electron chi connectivity index (χ4n) is 2.29. The zero-order valence-electron chi connectivity index (χ0n) is 13.2. The van der Waals surface area contributed by atoms with Crippen LogP contribution in [0.5, 0.6) is 0 Å². The van der Waals surface area contributed by atoms with E-state index in [1.54, 1.807) is 11.8 Å². The molecule has 0 amide bonds. The molecule has 0 N–H and O–H groups in total. The lowest BCUT2D eigenvalue weighted by atomic mass is 10.3. The molecule has 0 spiro atoms. The van der Waals surface area contributed by atoms with Gasteiger partial charge in [0.2, 0.25) is 0 Å². The maximum atomic E-state index is 5.38. The number of aromatic nitrogens is 1. The molecule has 0 saturated carbocycles. The topological polar surface area (TPSA) is 17.4 Å². The Morgan fingerprint density at radius 1 is 1.38 bits per heavy atom. The highest BCUT2D eigenvalue weighted by molar-refractivity contribution is 7.99. The number of hydrogen-bond acceptors (Lipinski definition) is 3. The zero-order valence-corrected chi connectivity index (χ0v) is 14.0. The van der Waals surface area contributed by atoms with E-state index in [1.165, 1.54) is 17.1 Å². The summed E-state index contributed by atoms with van der Waals surface area (Å²) in [5.74, 6) is 4.63. The maximum absolute atomic E-state index is 5.38. The van der Waals surface area contributed by atoms with Crippen LogP contribution in [0.25, 0.3) is 0 Å². The van der Waals surface area contributed by atoms with Gasteiger partial charge in [-0.2, -0.15) is 0 Å². The summed E-state index contributed by atoms with van der Waals surface area (Å²) >= 11 is 1.70. The van der Waals surface area contributed by atoms with Crippen LogP contribution in [0.3, 0.4) is 0 Å². The van der Waals surface area contributed by atoms with Crippen molar-refractivity contribution in [2.75, 3.05) is 30.3 Å². The molecule has 116 valence electrons. The Kier molecular flexibility index (Phi) is 8.61. The Balaban J connectivity index is 2.95. The standard InChI is InChI=1S/C17H26N2OS/c1-5-11-18(12-6-2)16-9-10-17(21-15-7-3)19(16)13-14-20-8-4/h3,8-10H,4-6,11-15H2,1-2H3. The molecule has 0 radical (unpaired) electrons. The van der Waals surface area contributed by atoms with Gasteiger partial charge < -0.3 is 14.2 Å². The average molecular weight is 306 g/mol. The Hall–Kier alpha value is -1.47. The van der Waals surface area contributed by atoms with Gasteiger partial charge >= 0.3 is 0 Å². The molecule has 0 aliphatic heterocycles. The second-order valence-corrected chi connectivity index (χ2v) is 5.69. The van der Waals surface area contributed by atoms with E-state index in [1.807, 2.05) is 0 Å². The quantitative estimate of drug-likeness (QED) is 0.266. The van der Waals surface area contributed by atoms with Crippen molar-refractivity contribution in [1.29, 1.82) is 0 Å². The SMILES string of the molecule is C#CCSc1ccc(N(CCC)CCC)n1CCOC=C. The van der Waals surface area contributed by atoms with E-state index in [4.69, 9.17) is 11.2 Å². The smallest absolute Gasteiger partial charge is 0.109 e. The Bertz CT molecular complexity index is 456. The highest BCUT2D eigenvalue weighted by Crippen LogP contribution is 2.27. The number of rotatable bonds is 11. The van der Waals surface area contributed by atoms with Gasteiger partial charge in [-0.1, -0.05) is 38.1 Å². The molecule has 0 saturated heterocycles. The molecule has 0 aliphatic carbocycles. The van der Waals surface area contributed by atoms with Crippen LogP contribution in [0.1, 0.15) is 26.7 Å². The van der Waals surface area contributed by atoms with E-state index in [0.717, 1.165) is 32.5 Å². The second-order valence-electron chi connectivity index (χ2n) is 4.70. The first-order valence-electron chi connectivity index (χ1n) is 7.51. The van der Waals surface area contributed by atoms with Gasteiger partial charge in [0.25, 0.3) is 0 Å². The van der Waals surface area contributed by atoms with E-state index >= 15 is 0 Å². The lowest BCUT2D eigenvalue weighted by molar-refractivity contribution is 0.233. The van der Waals surface area contributed by atoms with Gasteiger partial charge in [-0.15, -0.1) is 6.42 Å². The molecule has 0 aromatic carbocycles. The lowest BCUT2D eigenvalue weighted by Gasteiger charge is -2.26. The van der Waals surface area contributed by atoms with Crippen molar-refractivity contribution >= 4 is 17.6 Å². The molecule has 1 heterocycles. The predicted octanol–water partition coefficient (Wildman–Crippen LogP) is 4.00. The summed E-state index contributed by atoms with van der Waals surface area (Å²) < 4.78 is 7.60. The van der Waals surface area contributed by atoms with E-state index in [0.29, 0.717) is 12.4 Å². The molecule has 0 bridgehead atoms. The first-order chi connectivity index (χ1) is 10.3. The average Bonchev–Trinajstić information content (AvgIpc) is 2.88. The van der Waals surface area contributed by atoms with Gasteiger partial charge in [-0.3, -0.25) is 0 Å². The largest absolute Gasteiger partial charge is 0.500 e. The van der Waals surface area contributed by atoms with E-state index in [-0.39, 0.29) is 0 Å². The van der Waals surface area contributed by atoms with Crippen molar-refractivity contribution < 1.29 is 4.74 Å². The first-order valence-corrected chi connectivity index (χ1v) is 8.50. The monoisotopic (exact) mass is 306 g/mol. The van der Waals surface area contributed by atoms with Gasteiger partial charge in [0.1, 0.15) is 12.4 Å². The summed E-state index contributed by atoms with van der Waals surface area (Å²) in [6.07, 6.45) is 9.16. The van der Waals surface area contributed by atoms with Gasteiger partial charge in [-0.05, 0) is 25.0 Å². The third-order valence-corrected chi connectivity index (χ3v) is 4.05. The number of terminal acetylenes is 1. The van der Waals surface area contributed by atoms with Gasteiger partial charge in [0.05, 0.1) is 23.6 Å². The third kappa shape index (κ3) is 5.43. The normalized spacial score (nSPS) is 10.1. The highest BCUT2D eigenvalue weighted by atomic mass is 32.2. The first kappa shape index (κ1) is 17.6. The molecule has 3 nitrogen and oxygen atoms in total. The Morgan fingerprint density at radius 2 is 2.10 bits per heavy atom. The molecule has 0 aliphatic rings. The molecule has 1 aromatic heterocycles. The van der Waals surface area contributed by atoms with Crippen LogP contribution >= 0.6 is 11.8 Å². The Labute approximate surface area is 133 Å². The van der Waals surface area contributed by atoms with Crippen LogP contribution in [-0.2, 0) is 11.3 Å². The van der Waals surface area contributed by atoms with Crippen LogP contribution in [-0.4, -0.2) is 30.0 Å². The van der Waals surface area contributed by atoms with Crippen molar-refractivity contribution in [1.82, 2.24) is 4.57 Å². The third-order valence-electron chi connectivity index (χ3n) is 3.08. The van der Waals surface area contributed by atoms with Crippen LogP contribution in [0.15, 0.2) is 30.0 Å². The van der Waals surface area contributed by atoms with Crippen LogP contribution in [0, 0.1) is 12.3 Å². The molecule has 1 aromatic rings. The van der Waals surface area contributed by atoms with Gasteiger partial charge in [-0.25, -0.2) is 0 Å².